The van der Waals surface area contributed by atoms with E-state index >= 15 is 0 Å². The van der Waals surface area contributed by atoms with Gasteiger partial charge in [0.1, 0.15) is 0 Å². The first-order valence-electron chi connectivity index (χ1n) is 8.41. The van der Waals surface area contributed by atoms with Crippen LogP contribution in [0.1, 0.15) is 36.0 Å². The fourth-order valence-corrected chi connectivity index (χ4v) is 3.10. The lowest BCUT2D eigenvalue weighted by Gasteiger charge is -2.26. The van der Waals surface area contributed by atoms with E-state index in [1.165, 1.54) is 19.1 Å². The van der Waals surface area contributed by atoms with Gasteiger partial charge < -0.3 is 25.4 Å². The molecule has 1 aromatic carbocycles. The number of hydrogen-bond acceptors (Lipinski definition) is 5. The van der Waals surface area contributed by atoms with Gasteiger partial charge in [-0.1, -0.05) is 6.42 Å². The van der Waals surface area contributed by atoms with E-state index in [4.69, 9.17) is 15.2 Å². The Bertz CT molecular complexity index is 652. The summed E-state index contributed by atoms with van der Waals surface area (Å²) >= 11 is 0. The molecule has 0 aromatic heterocycles. The topological polar surface area (TPSA) is 93.9 Å². The lowest BCUT2D eigenvalue weighted by Crippen LogP contribution is -2.34. The Balaban J connectivity index is 0.00000338. The molecule has 0 spiro atoms. The molecule has 146 valence electrons. The van der Waals surface area contributed by atoms with E-state index in [9.17, 15) is 9.59 Å². The summed E-state index contributed by atoms with van der Waals surface area (Å²) in [6.45, 7) is 0. The van der Waals surface area contributed by atoms with Gasteiger partial charge in [0.15, 0.2) is 11.5 Å². The zero-order chi connectivity index (χ0) is 18.6. The fourth-order valence-electron chi connectivity index (χ4n) is 3.10. The molecule has 1 aliphatic rings. The average Bonchev–Trinajstić information content (AvgIpc) is 2.60. The maximum atomic E-state index is 12.6. The van der Waals surface area contributed by atoms with Crippen LogP contribution >= 0.6 is 12.4 Å². The monoisotopic (exact) mass is 385 g/mol. The number of ether oxygens (including phenoxy) is 2. The van der Waals surface area contributed by atoms with Gasteiger partial charge in [0, 0.05) is 32.1 Å². The van der Waals surface area contributed by atoms with E-state index in [2.05, 4.69) is 5.32 Å². The van der Waals surface area contributed by atoms with Gasteiger partial charge in [0.25, 0.3) is 5.91 Å². The third kappa shape index (κ3) is 5.02. The summed E-state index contributed by atoms with van der Waals surface area (Å²) in [7, 11) is 6.33. The number of amides is 2. The van der Waals surface area contributed by atoms with Crippen molar-refractivity contribution in [2.75, 3.05) is 33.6 Å². The van der Waals surface area contributed by atoms with Gasteiger partial charge in [0.05, 0.1) is 25.5 Å². The molecule has 2 amide bonds. The first kappa shape index (κ1) is 22.1. The highest BCUT2D eigenvalue weighted by Crippen LogP contribution is 2.34. The molecule has 0 heterocycles. The molecule has 26 heavy (non-hydrogen) atoms. The second-order valence-electron chi connectivity index (χ2n) is 6.57. The zero-order valence-corrected chi connectivity index (χ0v) is 16.5. The summed E-state index contributed by atoms with van der Waals surface area (Å²) in [6.07, 6.45) is 3.36. The lowest BCUT2D eigenvalue weighted by atomic mass is 9.85. The first-order valence-corrected chi connectivity index (χ1v) is 8.41. The van der Waals surface area contributed by atoms with Gasteiger partial charge in [-0.2, -0.15) is 0 Å². The van der Waals surface area contributed by atoms with Crippen LogP contribution in [0.15, 0.2) is 12.1 Å². The molecule has 2 atom stereocenters. The van der Waals surface area contributed by atoms with Crippen molar-refractivity contribution in [3.63, 3.8) is 0 Å². The molecule has 1 fully saturated rings. The predicted octanol–water partition coefficient (Wildman–Crippen LogP) is 2.28. The van der Waals surface area contributed by atoms with Crippen LogP contribution in [0.25, 0.3) is 0 Å². The van der Waals surface area contributed by atoms with Crippen LogP contribution in [0.2, 0.25) is 0 Å². The minimum Gasteiger partial charge on any atom is -0.493 e. The molecule has 7 nitrogen and oxygen atoms in total. The van der Waals surface area contributed by atoms with Crippen LogP contribution in [0.4, 0.5) is 5.69 Å². The molecular weight excluding hydrogens is 358 g/mol. The van der Waals surface area contributed by atoms with Crippen molar-refractivity contribution in [3.8, 4) is 11.5 Å². The van der Waals surface area contributed by atoms with E-state index in [1.807, 2.05) is 0 Å². The highest BCUT2D eigenvalue weighted by atomic mass is 35.5. The van der Waals surface area contributed by atoms with Gasteiger partial charge in [-0.15, -0.1) is 12.4 Å². The van der Waals surface area contributed by atoms with Crippen LogP contribution < -0.4 is 20.5 Å². The molecule has 1 aromatic rings. The molecule has 0 radical (unpaired) electrons. The van der Waals surface area contributed by atoms with Crippen molar-refractivity contribution in [1.29, 1.82) is 0 Å². The van der Waals surface area contributed by atoms with Crippen molar-refractivity contribution in [2.45, 2.75) is 31.7 Å². The number of nitrogens with zero attached hydrogens (tertiary/aromatic N) is 1. The third-order valence-corrected chi connectivity index (χ3v) is 4.50. The second-order valence-corrected chi connectivity index (χ2v) is 6.57. The number of benzene rings is 1. The SMILES string of the molecule is COc1cc(NC(=O)C2CCCC(N)C2)c(C(=O)N(C)C)cc1OC.Cl. The molecule has 0 aliphatic heterocycles. The number of halogens is 1. The smallest absolute Gasteiger partial charge is 0.255 e. The van der Waals surface area contributed by atoms with Gasteiger partial charge >= 0.3 is 0 Å². The van der Waals surface area contributed by atoms with E-state index in [0.717, 1.165) is 19.3 Å². The summed E-state index contributed by atoms with van der Waals surface area (Å²) in [4.78, 5) is 26.6. The largest absolute Gasteiger partial charge is 0.493 e. The quantitative estimate of drug-likeness (QED) is 0.810. The van der Waals surface area contributed by atoms with Crippen LogP contribution in [-0.2, 0) is 4.79 Å². The molecule has 2 unspecified atom stereocenters. The number of hydrogen-bond donors (Lipinski definition) is 2. The number of nitrogens with one attached hydrogen (secondary N) is 1. The van der Waals surface area contributed by atoms with E-state index in [1.54, 1.807) is 26.2 Å². The standard InChI is InChI=1S/C18H27N3O4.ClH/c1-21(2)18(23)13-9-15(24-3)16(25-4)10-14(13)20-17(22)11-6-5-7-12(19)8-11;/h9-12H,5-8,19H2,1-4H3,(H,20,22);1H. The minimum atomic E-state index is -0.225. The van der Waals surface area contributed by atoms with Crippen molar-refractivity contribution >= 4 is 29.9 Å². The Morgan fingerprint density at radius 1 is 1.15 bits per heavy atom. The van der Waals surface area contributed by atoms with Gasteiger partial charge in [-0.3, -0.25) is 9.59 Å². The van der Waals surface area contributed by atoms with Crippen molar-refractivity contribution in [3.05, 3.63) is 17.7 Å². The van der Waals surface area contributed by atoms with Crippen LogP contribution in [0.3, 0.4) is 0 Å². The van der Waals surface area contributed by atoms with Crippen LogP contribution in [-0.4, -0.2) is 51.1 Å². The molecule has 0 bridgehead atoms. The van der Waals surface area contributed by atoms with Crippen LogP contribution in [0.5, 0.6) is 11.5 Å². The molecule has 8 heteroatoms. The third-order valence-electron chi connectivity index (χ3n) is 4.50. The molecule has 3 N–H and O–H groups in total. The van der Waals surface area contributed by atoms with Gasteiger partial charge in [-0.05, 0) is 25.3 Å². The minimum absolute atomic E-state index is 0. The predicted molar refractivity (Wildman–Crippen MR) is 103 cm³/mol. The Hall–Kier alpha value is -1.99. The average molecular weight is 386 g/mol. The summed E-state index contributed by atoms with van der Waals surface area (Å²) < 4.78 is 10.6. The van der Waals surface area contributed by atoms with E-state index in [0.29, 0.717) is 29.2 Å². The van der Waals surface area contributed by atoms with E-state index < -0.39 is 0 Å². The molecular formula is C18H28ClN3O4. The molecule has 1 saturated carbocycles. The Morgan fingerprint density at radius 2 is 1.77 bits per heavy atom. The van der Waals surface area contributed by atoms with E-state index in [-0.39, 0.29) is 36.2 Å². The molecule has 1 aliphatic carbocycles. The van der Waals surface area contributed by atoms with Crippen molar-refractivity contribution < 1.29 is 19.1 Å². The fraction of sp³-hybridized carbons (Fsp3) is 0.556. The lowest BCUT2D eigenvalue weighted by molar-refractivity contribution is -0.120. The number of rotatable bonds is 5. The highest BCUT2D eigenvalue weighted by molar-refractivity contribution is 6.04. The summed E-state index contributed by atoms with van der Waals surface area (Å²) in [5.41, 5.74) is 6.76. The summed E-state index contributed by atoms with van der Waals surface area (Å²) in [5.74, 6) is 0.407. The maximum absolute atomic E-state index is 12.6. The van der Waals surface area contributed by atoms with Gasteiger partial charge in [0.2, 0.25) is 5.91 Å². The highest BCUT2D eigenvalue weighted by Gasteiger charge is 2.27. The summed E-state index contributed by atoms with van der Waals surface area (Å²) in [6, 6.07) is 3.26. The first-order chi connectivity index (χ1) is 11.9. The zero-order valence-electron chi connectivity index (χ0n) is 15.7. The summed E-state index contributed by atoms with van der Waals surface area (Å²) in [5, 5.41) is 2.89. The number of methoxy groups -OCH3 is 2. The molecule has 2 rings (SSSR count). The van der Waals surface area contributed by atoms with Crippen LogP contribution in [0, 0.1) is 5.92 Å². The molecule has 0 saturated heterocycles. The maximum Gasteiger partial charge on any atom is 0.255 e. The Kier molecular flexibility index (Phi) is 8.17. The van der Waals surface area contributed by atoms with Crippen molar-refractivity contribution in [2.24, 2.45) is 11.7 Å². The number of carbonyl (C=O) groups is 2. The van der Waals surface area contributed by atoms with Crippen molar-refractivity contribution in [1.82, 2.24) is 4.90 Å². The number of carbonyl (C=O) groups excluding carboxylic acids is 2. The Morgan fingerprint density at radius 3 is 2.31 bits per heavy atom. The second kappa shape index (κ2) is 9.64. The normalized spacial score (nSPS) is 19.1. The number of anilines is 1. The Labute approximate surface area is 160 Å². The van der Waals surface area contributed by atoms with Gasteiger partial charge in [-0.25, -0.2) is 0 Å². The number of nitrogens with two attached hydrogens (primary N) is 1.